The second kappa shape index (κ2) is 3.89. The van der Waals surface area contributed by atoms with Crippen molar-refractivity contribution in [3.63, 3.8) is 0 Å². The standard InChI is InChI=1S/C12H11NO3/c1-3-7-10(14)9-6-13-5-4-8(9)11(15)12(7)16-2/h4-6H,3H2,1-2H3. The first-order valence-corrected chi connectivity index (χ1v) is 5.01. The lowest BCUT2D eigenvalue weighted by Gasteiger charge is -2.18. The van der Waals surface area contributed by atoms with Gasteiger partial charge in [-0.05, 0) is 12.5 Å². The van der Waals surface area contributed by atoms with E-state index in [2.05, 4.69) is 4.98 Å². The summed E-state index contributed by atoms with van der Waals surface area (Å²) >= 11 is 0. The third kappa shape index (κ3) is 1.34. The minimum Gasteiger partial charge on any atom is -0.492 e. The summed E-state index contributed by atoms with van der Waals surface area (Å²) in [5, 5.41) is 0. The van der Waals surface area contributed by atoms with Crippen molar-refractivity contribution in [2.24, 2.45) is 0 Å². The van der Waals surface area contributed by atoms with E-state index in [1.54, 1.807) is 6.07 Å². The van der Waals surface area contributed by atoms with E-state index in [-0.39, 0.29) is 17.3 Å². The summed E-state index contributed by atoms with van der Waals surface area (Å²) in [5.74, 6) is -0.246. The van der Waals surface area contributed by atoms with Gasteiger partial charge in [-0.1, -0.05) is 6.92 Å². The van der Waals surface area contributed by atoms with E-state index >= 15 is 0 Å². The number of carbonyl (C=O) groups excluding carboxylic acids is 2. The number of hydrogen-bond acceptors (Lipinski definition) is 4. The molecule has 0 aliphatic heterocycles. The van der Waals surface area contributed by atoms with Crippen LogP contribution in [0, 0.1) is 0 Å². The average molecular weight is 217 g/mol. The van der Waals surface area contributed by atoms with Gasteiger partial charge < -0.3 is 4.74 Å². The lowest BCUT2D eigenvalue weighted by Crippen LogP contribution is -2.23. The molecular formula is C12H11NO3. The van der Waals surface area contributed by atoms with Crippen molar-refractivity contribution in [2.75, 3.05) is 7.11 Å². The summed E-state index contributed by atoms with van der Waals surface area (Å²) < 4.78 is 5.02. The lowest BCUT2D eigenvalue weighted by atomic mass is 9.88. The molecule has 0 bridgehead atoms. The molecule has 0 spiro atoms. The van der Waals surface area contributed by atoms with Crippen LogP contribution in [-0.2, 0) is 4.74 Å². The molecule has 1 aliphatic carbocycles. The first-order valence-electron chi connectivity index (χ1n) is 5.01. The van der Waals surface area contributed by atoms with Gasteiger partial charge in [0.1, 0.15) is 0 Å². The normalized spacial score (nSPS) is 15.1. The second-order valence-corrected chi connectivity index (χ2v) is 3.44. The number of ether oxygens (including phenoxy) is 1. The number of rotatable bonds is 2. The van der Waals surface area contributed by atoms with Crippen molar-refractivity contribution in [2.45, 2.75) is 13.3 Å². The molecule has 1 aromatic rings. The fourth-order valence-corrected chi connectivity index (χ4v) is 1.84. The van der Waals surface area contributed by atoms with Gasteiger partial charge in [-0.15, -0.1) is 0 Å². The fourth-order valence-electron chi connectivity index (χ4n) is 1.84. The number of carbonyl (C=O) groups is 2. The maximum absolute atomic E-state index is 12.0. The predicted molar refractivity (Wildman–Crippen MR) is 57.2 cm³/mol. The molecule has 16 heavy (non-hydrogen) atoms. The molecule has 0 saturated carbocycles. The van der Waals surface area contributed by atoms with Crippen LogP contribution in [0.2, 0.25) is 0 Å². The molecule has 1 aromatic heterocycles. The highest BCUT2D eigenvalue weighted by Crippen LogP contribution is 2.27. The minimum atomic E-state index is -0.239. The van der Waals surface area contributed by atoms with E-state index in [0.717, 1.165) is 0 Å². The molecule has 0 unspecified atom stereocenters. The maximum Gasteiger partial charge on any atom is 0.228 e. The Hall–Kier alpha value is -1.97. The molecule has 4 heteroatoms. The summed E-state index contributed by atoms with van der Waals surface area (Å²) in [6.07, 6.45) is 3.40. The molecule has 1 heterocycles. The number of ketones is 2. The highest BCUT2D eigenvalue weighted by atomic mass is 16.5. The predicted octanol–water partition coefficient (Wildman–Crippen LogP) is 1.77. The van der Waals surface area contributed by atoms with Crippen LogP contribution in [0.3, 0.4) is 0 Å². The van der Waals surface area contributed by atoms with Crippen molar-refractivity contribution in [3.05, 3.63) is 40.9 Å². The van der Waals surface area contributed by atoms with Gasteiger partial charge in [-0.2, -0.15) is 0 Å². The van der Waals surface area contributed by atoms with E-state index in [0.29, 0.717) is 23.1 Å². The molecular weight excluding hydrogens is 206 g/mol. The highest BCUT2D eigenvalue weighted by Gasteiger charge is 2.32. The van der Waals surface area contributed by atoms with Gasteiger partial charge in [0.25, 0.3) is 0 Å². The van der Waals surface area contributed by atoms with Gasteiger partial charge in [0, 0.05) is 23.5 Å². The molecule has 0 aromatic carbocycles. The van der Waals surface area contributed by atoms with Crippen LogP contribution in [0.4, 0.5) is 0 Å². The van der Waals surface area contributed by atoms with Crippen LogP contribution < -0.4 is 0 Å². The molecule has 1 aliphatic rings. The van der Waals surface area contributed by atoms with Gasteiger partial charge in [0.2, 0.25) is 5.78 Å². The lowest BCUT2D eigenvalue weighted by molar-refractivity contribution is 0.0903. The number of methoxy groups -OCH3 is 1. The molecule has 0 fully saturated rings. The second-order valence-electron chi connectivity index (χ2n) is 3.44. The summed E-state index contributed by atoms with van der Waals surface area (Å²) in [5.41, 5.74) is 1.16. The van der Waals surface area contributed by atoms with Crippen molar-refractivity contribution >= 4 is 11.6 Å². The Kier molecular flexibility index (Phi) is 2.56. The van der Waals surface area contributed by atoms with Gasteiger partial charge in [0.05, 0.1) is 12.7 Å². The number of pyridine rings is 1. The zero-order valence-corrected chi connectivity index (χ0v) is 9.11. The number of fused-ring (bicyclic) bond motifs is 1. The Morgan fingerprint density at radius 1 is 1.25 bits per heavy atom. The number of aromatic nitrogens is 1. The monoisotopic (exact) mass is 217 g/mol. The van der Waals surface area contributed by atoms with Crippen molar-refractivity contribution in [1.29, 1.82) is 0 Å². The molecule has 82 valence electrons. The summed E-state index contributed by atoms with van der Waals surface area (Å²) in [6.45, 7) is 1.82. The van der Waals surface area contributed by atoms with Crippen LogP contribution in [-0.4, -0.2) is 23.7 Å². The molecule has 0 saturated heterocycles. The Bertz CT molecular complexity index is 458. The zero-order chi connectivity index (χ0) is 11.7. The Morgan fingerprint density at radius 2 is 2.00 bits per heavy atom. The molecule has 0 radical (unpaired) electrons. The molecule has 0 amide bonds. The number of nitrogens with zero attached hydrogens (tertiary/aromatic N) is 1. The molecule has 4 nitrogen and oxygen atoms in total. The highest BCUT2D eigenvalue weighted by molar-refractivity contribution is 6.25. The SMILES string of the molecule is CCC1=C(OC)C(=O)c2ccncc2C1=O. The van der Waals surface area contributed by atoms with E-state index in [9.17, 15) is 9.59 Å². The summed E-state index contributed by atoms with van der Waals surface area (Å²) in [4.78, 5) is 27.9. The summed E-state index contributed by atoms with van der Waals surface area (Å²) in [7, 11) is 1.41. The number of Topliss-reactive ketones (excluding diaryl/α,β-unsaturated/α-hetero) is 2. The van der Waals surface area contributed by atoms with Gasteiger partial charge >= 0.3 is 0 Å². The quantitative estimate of drug-likeness (QED) is 0.757. The van der Waals surface area contributed by atoms with Gasteiger partial charge in [-0.3, -0.25) is 14.6 Å². The van der Waals surface area contributed by atoms with Crippen molar-refractivity contribution in [1.82, 2.24) is 4.98 Å². The van der Waals surface area contributed by atoms with Gasteiger partial charge in [0.15, 0.2) is 11.5 Å². The third-order valence-electron chi connectivity index (χ3n) is 2.62. The summed E-state index contributed by atoms with van der Waals surface area (Å²) in [6, 6.07) is 1.54. The fraction of sp³-hybridized carbons (Fsp3) is 0.250. The largest absolute Gasteiger partial charge is 0.492 e. The van der Waals surface area contributed by atoms with Crippen LogP contribution in [0.15, 0.2) is 29.8 Å². The van der Waals surface area contributed by atoms with Crippen LogP contribution in [0.5, 0.6) is 0 Å². The number of hydrogen-bond donors (Lipinski definition) is 0. The smallest absolute Gasteiger partial charge is 0.228 e. The van der Waals surface area contributed by atoms with Crippen LogP contribution in [0.1, 0.15) is 34.1 Å². The molecule has 0 N–H and O–H groups in total. The Balaban J connectivity index is 2.67. The Labute approximate surface area is 92.9 Å². The topological polar surface area (TPSA) is 56.3 Å². The first-order chi connectivity index (χ1) is 7.70. The van der Waals surface area contributed by atoms with E-state index in [1.165, 1.54) is 19.5 Å². The van der Waals surface area contributed by atoms with E-state index in [4.69, 9.17) is 4.74 Å². The van der Waals surface area contributed by atoms with E-state index in [1.807, 2.05) is 6.92 Å². The zero-order valence-electron chi connectivity index (χ0n) is 9.11. The minimum absolute atomic E-state index is 0.159. The van der Waals surface area contributed by atoms with Crippen molar-refractivity contribution < 1.29 is 14.3 Å². The van der Waals surface area contributed by atoms with Crippen LogP contribution >= 0.6 is 0 Å². The van der Waals surface area contributed by atoms with Gasteiger partial charge in [-0.25, -0.2) is 0 Å². The van der Waals surface area contributed by atoms with E-state index < -0.39 is 0 Å². The molecule has 2 rings (SSSR count). The van der Waals surface area contributed by atoms with Crippen molar-refractivity contribution in [3.8, 4) is 0 Å². The average Bonchev–Trinajstić information content (AvgIpc) is 2.33. The molecule has 0 atom stereocenters. The third-order valence-corrected chi connectivity index (χ3v) is 2.62. The first kappa shape index (κ1) is 10.5. The maximum atomic E-state index is 12.0. The number of allylic oxidation sites excluding steroid dienone is 2. The van der Waals surface area contributed by atoms with Crippen LogP contribution in [0.25, 0.3) is 0 Å². The Morgan fingerprint density at radius 3 is 2.62 bits per heavy atom.